The van der Waals surface area contributed by atoms with Crippen molar-refractivity contribution in [3.63, 3.8) is 0 Å². The lowest BCUT2D eigenvalue weighted by Gasteiger charge is -2.34. The quantitative estimate of drug-likeness (QED) is 0.640. The molecule has 0 aliphatic carbocycles. The second-order valence-corrected chi connectivity index (χ2v) is 8.09. The Hall–Kier alpha value is -0.410. The van der Waals surface area contributed by atoms with E-state index in [1.807, 2.05) is 20.8 Å². The number of amides is 1. The Morgan fingerprint density at radius 3 is 2.61 bits per heavy atom. The molecule has 7 nitrogen and oxygen atoms in total. The molecular weight excluding hydrogens is 342 g/mol. The Labute approximate surface area is 145 Å². The van der Waals surface area contributed by atoms with Crippen LogP contribution >= 0.6 is 12.4 Å². The summed E-state index contributed by atoms with van der Waals surface area (Å²) in [7, 11) is -3.49. The van der Waals surface area contributed by atoms with Crippen LogP contribution in [-0.2, 0) is 19.6 Å². The SMILES string of the molecule is CC(C)OCCS(=O)(=O)NCC(=O)N1CCCC(C(C)N)C1.Cl. The molecule has 0 aromatic heterocycles. The number of sulfonamides is 1. The number of nitrogens with zero attached hydrogens (tertiary/aromatic N) is 1. The number of likely N-dealkylation sites (tertiary alicyclic amines) is 1. The van der Waals surface area contributed by atoms with E-state index in [9.17, 15) is 13.2 Å². The molecule has 0 aromatic rings. The van der Waals surface area contributed by atoms with E-state index in [-0.39, 0.29) is 55.3 Å². The number of ether oxygens (including phenoxy) is 1. The molecule has 0 bridgehead atoms. The van der Waals surface area contributed by atoms with Crippen LogP contribution in [0.4, 0.5) is 0 Å². The summed E-state index contributed by atoms with van der Waals surface area (Å²) in [4.78, 5) is 13.8. The van der Waals surface area contributed by atoms with E-state index < -0.39 is 10.0 Å². The van der Waals surface area contributed by atoms with Crippen LogP contribution in [0.2, 0.25) is 0 Å². The van der Waals surface area contributed by atoms with Crippen molar-refractivity contribution >= 4 is 28.3 Å². The minimum absolute atomic E-state index is 0. The van der Waals surface area contributed by atoms with Crippen molar-refractivity contribution in [3.8, 4) is 0 Å². The number of nitrogens with two attached hydrogens (primary N) is 1. The topological polar surface area (TPSA) is 102 Å². The van der Waals surface area contributed by atoms with Gasteiger partial charge in [0.05, 0.1) is 25.0 Å². The van der Waals surface area contributed by atoms with Crippen LogP contribution in [0.25, 0.3) is 0 Å². The molecule has 0 aromatic carbocycles. The number of piperidine rings is 1. The van der Waals surface area contributed by atoms with E-state index in [0.717, 1.165) is 12.8 Å². The van der Waals surface area contributed by atoms with Crippen LogP contribution in [0.3, 0.4) is 0 Å². The maximum atomic E-state index is 12.1. The highest BCUT2D eigenvalue weighted by atomic mass is 35.5. The van der Waals surface area contributed by atoms with Gasteiger partial charge in [-0.2, -0.15) is 0 Å². The van der Waals surface area contributed by atoms with Gasteiger partial charge in [-0.3, -0.25) is 4.79 Å². The van der Waals surface area contributed by atoms with E-state index in [2.05, 4.69) is 4.72 Å². The lowest BCUT2D eigenvalue weighted by atomic mass is 9.92. The molecule has 1 fully saturated rings. The zero-order chi connectivity index (χ0) is 16.8. The Balaban J connectivity index is 0.00000484. The van der Waals surface area contributed by atoms with Gasteiger partial charge in [0.15, 0.2) is 0 Å². The monoisotopic (exact) mass is 371 g/mol. The second-order valence-electron chi connectivity index (χ2n) is 6.16. The summed E-state index contributed by atoms with van der Waals surface area (Å²) in [6, 6.07) is 0.0421. The molecule has 2 unspecified atom stereocenters. The molecule has 138 valence electrons. The summed E-state index contributed by atoms with van der Waals surface area (Å²) in [6.07, 6.45) is 1.91. The Bertz CT molecular complexity index is 457. The number of carbonyl (C=O) groups is 1. The normalized spacial score (nSPS) is 20.2. The number of hydrogen-bond acceptors (Lipinski definition) is 5. The summed E-state index contributed by atoms with van der Waals surface area (Å²) < 4.78 is 31.1. The minimum Gasteiger partial charge on any atom is -0.378 e. The molecule has 1 rings (SSSR count). The largest absolute Gasteiger partial charge is 0.378 e. The number of carbonyl (C=O) groups excluding carboxylic acids is 1. The lowest BCUT2D eigenvalue weighted by Crippen LogP contribution is -2.48. The van der Waals surface area contributed by atoms with E-state index >= 15 is 0 Å². The predicted molar refractivity (Wildman–Crippen MR) is 93.1 cm³/mol. The van der Waals surface area contributed by atoms with Gasteiger partial charge in [0.25, 0.3) is 0 Å². The summed E-state index contributed by atoms with van der Waals surface area (Å²) >= 11 is 0. The molecule has 0 saturated carbocycles. The van der Waals surface area contributed by atoms with Gasteiger partial charge < -0.3 is 15.4 Å². The number of rotatable bonds is 8. The highest BCUT2D eigenvalue weighted by Crippen LogP contribution is 2.18. The average molecular weight is 372 g/mol. The first-order valence-corrected chi connectivity index (χ1v) is 9.49. The maximum Gasteiger partial charge on any atom is 0.237 e. The van der Waals surface area contributed by atoms with Crippen LogP contribution < -0.4 is 10.5 Å². The molecule has 3 N–H and O–H groups in total. The molecule has 0 radical (unpaired) electrons. The van der Waals surface area contributed by atoms with Gasteiger partial charge >= 0.3 is 0 Å². The molecule has 2 atom stereocenters. The molecule has 0 spiro atoms. The fraction of sp³-hybridized carbons (Fsp3) is 0.929. The molecule has 1 aliphatic rings. The first-order chi connectivity index (χ1) is 10.2. The van der Waals surface area contributed by atoms with Gasteiger partial charge in [-0.1, -0.05) is 0 Å². The summed E-state index contributed by atoms with van der Waals surface area (Å²) in [5.41, 5.74) is 5.89. The van der Waals surface area contributed by atoms with Crippen molar-refractivity contribution in [2.45, 2.75) is 45.8 Å². The summed E-state index contributed by atoms with van der Waals surface area (Å²) in [5.74, 6) is -0.0477. The van der Waals surface area contributed by atoms with Gasteiger partial charge in [0.1, 0.15) is 0 Å². The Morgan fingerprint density at radius 2 is 2.04 bits per heavy atom. The molecule has 1 heterocycles. The average Bonchev–Trinajstić information content (AvgIpc) is 2.44. The third-order valence-corrected chi connectivity index (χ3v) is 5.09. The second kappa shape index (κ2) is 10.5. The molecule has 23 heavy (non-hydrogen) atoms. The molecule has 1 amide bonds. The van der Waals surface area contributed by atoms with Gasteiger partial charge in [0, 0.05) is 19.1 Å². The smallest absolute Gasteiger partial charge is 0.237 e. The Kier molecular flexibility index (Phi) is 10.3. The highest BCUT2D eigenvalue weighted by Gasteiger charge is 2.26. The first kappa shape index (κ1) is 22.6. The van der Waals surface area contributed by atoms with Crippen LogP contribution in [0.15, 0.2) is 0 Å². The fourth-order valence-electron chi connectivity index (χ4n) is 2.41. The first-order valence-electron chi connectivity index (χ1n) is 7.83. The van der Waals surface area contributed by atoms with Crippen molar-refractivity contribution in [3.05, 3.63) is 0 Å². The number of nitrogens with one attached hydrogen (secondary N) is 1. The van der Waals surface area contributed by atoms with Crippen molar-refractivity contribution in [2.24, 2.45) is 11.7 Å². The zero-order valence-electron chi connectivity index (χ0n) is 14.2. The van der Waals surface area contributed by atoms with Crippen LogP contribution in [0.1, 0.15) is 33.6 Å². The van der Waals surface area contributed by atoms with Crippen LogP contribution in [0.5, 0.6) is 0 Å². The van der Waals surface area contributed by atoms with Crippen molar-refractivity contribution < 1.29 is 17.9 Å². The van der Waals surface area contributed by atoms with E-state index in [4.69, 9.17) is 10.5 Å². The minimum atomic E-state index is -3.49. The summed E-state index contributed by atoms with van der Waals surface area (Å²) in [5, 5.41) is 0. The third kappa shape index (κ3) is 8.85. The van der Waals surface area contributed by atoms with Gasteiger partial charge in [-0.05, 0) is 39.5 Å². The van der Waals surface area contributed by atoms with Crippen LogP contribution in [0, 0.1) is 5.92 Å². The molecule has 9 heteroatoms. The van der Waals surface area contributed by atoms with Gasteiger partial charge in [-0.25, -0.2) is 13.1 Å². The van der Waals surface area contributed by atoms with E-state index in [0.29, 0.717) is 13.1 Å². The molecule has 1 aliphatic heterocycles. The number of hydrogen-bond donors (Lipinski definition) is 2. The van der Waals surface area contributed by atoms with Gasteiger partial charge in [0.2, 0.25) is 15.9 Å². The van der Waals surface area contributed by atoms with Crippen molar-refractivity contribution in [2.75, 3.05) is 32.0 Å². The molecular formula is C14H30ClN3O4S. The highest BCUT2D eigenvalue weighted by molar-refractivity contribution is 7.89. The van der Waals surface area contributed by atoms with Crippen molar-refractivity contribution in [1.82, 2.24) is 9.62 Å². The zero-order valence-corrected chi connectivity index (χ0v) is 15.8. The van der Waals surface area contributed by atoms with E-state index in [1.54, 1.807) is 4.90 Å². The third-order valence-electron chi connectivity index (χ3n) is 3.80. The predicted octanol–water partition coefficient (Wildman–Crippen LogP) is 0.338. The lowest BCUT2D eigenvalue weighted by molar-refractivity contribution is -0.131. The summed E-state index contributed by atoms with van der Waals surface area (Å²) in [6.45, 7) is 6.82. The Morgan fingerprint density at radius 1 is 1.39 bits per heavy atom. The van der Waals surface area contributed by atoms with Crippen LogP contribution in [-0.4, -0.2) is 63.4 Å². The van der Waals surface area contributed by atoms with Gasteiger partial charge in [-0.15, -0.1) is 12.4 Å². The maximum absolute atomic E-state index is 12.1. The fourth-order valence-corrected chi connectivity index (χ4v) is 3.22. The number of halogens is 1. The van der Waals surface area contributed by atoms with Crippen molar-refractivity contribution in [1.29, 1.82) is 0 Å². The van der Waals surface area contributed by atoms with E-state index in [1.165, 1.54) is 0 Å². The standard InChI is InChI=1S/C14H29N3O4S.ClH/c1-11(2)21-7-8-22(19,20)16-9-14(18)17-6-4-5-13(10-17)12(3)15;/h11-13,16H,4-10,15H2,1-3H3;1H. The molecule has 1 saturated heterocycles.